The van der Waals surface area contributed by atoms with E-state index in [4.69, 9.17) is 5.11 Å². The lowest BCUT2D eigenvalue weighted by Crippen LogP contribution is -2.40. The van der Waals surface area contributed by atoms with Crippen molar-refractivity contribution >= 4 is 11.9 Å². The van der Waals surface area contributed by atoms with Crippen LogP contribution in [0.25, 0.3) is 0 Å². The molecule has 5 heteroatoms. The molecule has 1 unspecified atom stereocenters. The third kappa shape index (κ3) is 6.42. The van der Waals surface area contributed by atoms with Gasteiger partial charge in [-0.2, -0.15) is 0 Å². The van der Waals surface area contributed by atoms with E-state index in [1.165, 1.54) is 4.90 Å². The third-order valence-corrected chi connectivity index (χ3v) is 1.84. The number of hydrogen-bond donors (Lipinski definition) is 2. The largest absolute Gasteiger partial charge is 0.480 e. The average Bonchev–Trinajstić information content (AvgIpc) is 2.01. The molecule has 0 aromatic heterocycles. The van der Waals surface area contributed by atoms with Crippen LogP contribution in [0.1, 0.15) is 20.3 Å². The van der Waals surface area contributed by atoms with Crippen molar-refractivity contribution in [1.82, 2.24) is 10.2 Å². The molecule has 0 rings (SSSR count). The van der Waals surface area contributed by atoms with Gasteiger partial charge in [-0.3, -0.25) is 14.5 Å². The summed E-state index contributed by atoms with van der Waals surface area (Å²) in [6.45, 7) is 3.89. The number of aliphatic carboxylic acids is 1. The van der Waals surface area contributed by atoms with E-state index in [-0.39, 0.29) is 25.0 Å². The lowest BCUT2D eigenvalue weighted by Gasteiger charge is -2.16. The van der Waals surface area contributed by atoms with Crippen LogP contribution in [-0.4, -0.2) is 48.1 Å². The van der Waals surface area contributed by atoms with Crippen LogP contribution in [-0.2, 0) is 9.59 Å². The Balaban J connectivity index is 3.76. The zero-order chi connectivity index (χ0) is 11.1. The Morgan fingerprint density at radius 2 is 2.00 bits per heavy atom. The second kappa shape index (κ2) is 6.37. The zero-order valence-electron chi connectivity index (χ0n) is 8.91. The van der Waals surface area contributed by atoms with Crippen LogP contribution >= 0.6 is 0 Å². The van der Waals surface area contributed by atoms with Gasteiger partial charge in [-0.15, -0.1) is 0 Å². The molecule has 0 aromatic carbocycles. The van der Waals surface area contributed by atoms with Crippen LogP contribution < -0.4 is 5.32 Å². The van der Waals surface area contributed by atoms with Crippen molar-refractivity contribution in [1.29, 1.82) is 0 Å². The fourth-order valence-electron chi connectivity index (χ4n) is 0.954. The normalized spacial score (nSPS) is 12.6. The molecule has 0 spiro atoms. The Bertz CT molecular complexity index is 206. The lowest BCUT2D eigenvalue weighted by molar-refractivity contribution is -0.138. The molecule has 0 fully saturated rings. The van der Waals surface area contributed by atoms with Gasteiger partial charge in [-0.25, -0.2) is 0 Å². The quantitative estimate of drug-likeness (QED) is 0.632. The molecule has 1 atom stereocenters. The molecular formula is C9H18N2O3. The van der Waals surface area contributed by atoms with Crippen molar-refractivity contribution in [2.45, 2.75) is 26.3 Å². The van der Waals surface area contributed by atoms with Crippen molar-refractivity contribution in [2.75, 3.05) is 20.1 Å². The third-order valence-electron chi connectivity index (χ3n) is 1.84. The number of amides is 1. The van der Waals surface area contributed by atoms with E-state index in [9.17, 15) is 9.59 Å². The number of nitrogens with one attached hydrogen (secondary N) is 1. The molecule has 0 aromatic rings. The minimum Gasteiger partial charge on any atom is -0.480 e. The Morgan fingerprint density at radius 3 is 2.43 bits per heavy atom. The summed E-state index contributed by atoms with van der Waals surface area (Å²) in [7, 11) is 1.60. The highest BCUT2D eigenvalue weighted by molar-refractivity contribution is 5.79. The molecule has 14 heavy (non-hydrogen) atoms. The van der Waals surface area contributed by atoms with E-state index in [1.807, 2.05) is 13.8 Å². The summed E-state index contributed by atoms with van der Waals surface area (Å²) in [5.74, 6) is -1.06. The van der Waals surface area contributed by atoms with Crippen molar-refractivity contribution in [2.24, 2.45) is 0 Å². The molecule has 0 saturated carbocycles. The highest BCUT2D eigenvalue weighted by atomic mass is 16.4. The van der Waals surface area contributed by atoms with Gasteiger partial charge in [-0.1, -0.05) is 6.92 Å². The summed E-state index contributed by atoms with van der Waals surface area (Å²) in [6.07, 6.45) is 0.869. The highest BCUT2D eigenvalue weighted by Gasteiger charge is 2.10. The van der Waals surface area contributed by atoms with Gasteiger partial charge in [0, 0.05) is 6.04 Å². The molecule has 5 nitrogen and oxygen atoms in total. The predicted molar refractivity (Wildman–Crippen MR) is 53.0 cm³/mol. The maximum atomic E-state index is 11.3. The van der Waals surface area contributed by atoms with Crippen LogP contribution in [0.5, 0.6) is 0 Å². The van der Waals surface area contributed by atoms with Crippen molar-refractivity contribution < 1.29 is 14.7 Å². The summed E-state index contributed by atoms with van der Waals surface area (Å²) in [5.41, 5.74) is 0. The molecule has 0 aliphatic carbocycles. The second-order valence-electron chi connectivity index (χ2n) is 3.44. The van der Waals surface area contributed by atoms with Crippen molar-refractivity contribution in [3.8, 4) is 0 Å². The number of carboxylic acids is 1. The first-order valence-electron chi connectivity index (χ1n) is 4.65. The van der Waals surface area contributed by atoms with Gasteiger partial charge in [0.15, 0.2) is 0 Å². The molecule has 0 saturated heterocycles. The lowest BCUT2D eigenvalue weighted by atomic mass is 10.2. The number of carbonyl (C=O) groups excluding carboxylic acids is 1. The Kier molecular flexibility index (Phi) is 5.87. The SMILES string of the molecule is CCC(C)NC(=O)CN(C)CC(=O)O. The molecule has 0 bridgehead atoms. The molecule has 0 heterocycles. The van der Waals surface area contributed by atoms with Gasteiger partial charge in [0.2, 0.25) is 5.91 Å². The van der Waals surface area contributed by atoms with Gasteiger partial charge in [-0.05, 0) is 20.4 Å². The van der Waals surface area contributed by atoms with E-state index in [0.29, 0.717) is 0 Å². The molecular weight excluding hydrogens is 184 g/mol. The maximum Gasteiger partial charge on any atom is 0.317 e. The average molecular weight is 202 g/mol. The number of carbonyl (C=O) groups is 2. The molecule has 82 valence electrons. The summed E-state index contributed by atoms with van der Waals surface area (Å²) in [4.78, 5) is 23.0. The second-order valence-corrected chi connectivity index (χ2v) is 3.44. The van der Waals surface area contributed by atoms with Crippen LogP contribution in [0.4, 0.5) is 0 Å². The number of nitrogens with zero attached hydrogens (tertiary/aromatic N) is 1. The first-order valence-corrected chi connectivity index (χ1v) is 4.65. The highest BCUT2D eigenvalue weighted by Crippen LogP contribution is 1.88. The van der Waals surface area contributed by atoms with E-state index in [2.05, 4.69) is 5.32 Å². The molecule has 1 amide bonds. The van der Waals surface area contributed by atoms with Crippen LogP contribution in [0.15, 0.2) is 0 Å². The molecule has 0 aliphatic rings. The summed E-state index contributed by atoms with van der Waals surface area (Å²) < 4.78 is 0. The first kappa shape index (κ1) is 12.9. The number of rotatable bonds is 6. The van der Waals surface area contributed by atoms with Gasteiger partial charge in [0.05, 0.1) is 13.1 Å². The van der Waals surface area contributed by atoms with Crippen LogP contribution in [0.3, 0.4) is 0 Å². The van der Waals surface area contributed by atoms with E-state index >= 15 is 0 Å². The number of hydrogen-bond acceptors (Lipinski definition) is 3. The van der Waals surface area contributed by atoms with Crippen LogP contribution in [0.2, 0.25) is 0 Å². The summed E-state index contributed by atoms with van der Waals surface area (Å²) in [6, 6.07) is 0.140. The smallest absolute Gasteiger partial charge is 0.317 e. The van der Waals surface area contributed by atoms with E-state index in [1.54, 1.807) is 7.05 Å². The maximum absolute atomic E-state index is 11.3. The number of carboxylic acid groups (broad SMARTS) is 1. The van der Waals surface area contributed by atoms with E-state index in [0.717, 1.165) is 6.42 Å². The Hall–Kier alpha value is -1.10. The van der Waals surface area contributed by atoms with Crippen molar-refractivity contribution in [3.63, 3.8) is 0 Å². The molecule has 0 aliphatic heterocycles. The minimum absolute atomic E-state index is 0.117. The van der Waals surface area contributed by atoms with Gasteiger partial charge in [0.25, 0.3) is 0 Å². The van der Waals surface area contributed by atoms with Crippen LogP contribution in [0, 0.1) is 0 Å². The van der Waals surface area contributed by atoms with Gasteiger partial charge < -0.3 is 10.4 Å². The Morgan fingerprint density at radius 1 is 1.43 bits per heavy atom. The summed E-state index contributed by atoms with van der Waals surface area (Å²) in [5, 5.41) is 11.2. The standard InChI is InChI=1S/C9H18N2O3/c1-4-7(2)10-8(12)5-11(3)6-9(13)14/h7H,4-6H2,1-3H3,(H,10,12)(H,13,14). The Labute approximate surface area is 84.1 Å². The monoisotopic (exact) mass is 202 g/mol. The molecule has 0 radical (unpaired) electrons. The van der Waals surface area contributed by atoms with Gasteiger partial charge >= 0.3 is 5.97 Å². The minimum atomic E-state index is -0.927. The topological polar surface area (TPSA) is 69.6 Å². The van der Waals surface area contributed by atoms with Gasteiger partial charge in [0.1, 0.15) is 0 Å². The first-order chi connectivity index (χ1) is 6.45. The van der Waals surface area contributed by atoms with E-state index < -0.39 is 5.97 Å². The van der Waals surface area contributed by atoms with Crippen molar-refractivity contribution in [3.05, 3.63) is 0 Å². The number of likely N-dealkylation sites (N-methyl/N-ethyl adjacent to an activating group) is 1. The zero-order valence-corrected chi connectivity index (χ0v) is 8.91. The summed E-state index contributed by atoms with van der Waals surface area (Å²) >= 11 is 0. The fourth-order valence-corrected chi connectivity index (χ4v) is 0.954. The molecule has 2 N–H and O–H groups in total. The fraction of sp³-hybridized carbons (Fsp3) is 0.778. The predicted octanol–water partition coefficient (Wildman–Crippen LogP) is -0.0825.